The summed E-state index contributed by atoms with van der Waals surface area (Å²) in [5, 5.41) is 22.7. The number of benzene rings is 1. The van der Waals surface area contributed by atoms with E-state index in [9.17, 15) is 9.90 Å². The molecule has 0 unspecified atom stereocenters. The minimum absolute atomic E-state index is 0.0847. The molecule has 118 valence electrons. The predicted octanol–water partition coefficient (Wildman–Crippen LogP) is 1.94. The first-order chi connectivity index (χ1) is 10.6. The number of aliphatic hydroxyl groups is 1. The molecule has 2 rings (SSSR count). The number of carbonyl (C=O) groups is 1. The largest absolute Gasteiger partial charge is 0.394 e. The highest BCUT2D eigenvalue weighted by Crippen LogP contribution is 2.16. The minimum atomic E-state index is -0.579. The summed E-state index contributed by atoms with van der Waals surface area (Å²) < 4.78 is 1.63. The Kier molecular flexibility index (Phi) is 5.11. The molecule has 0 aliphatic rings. The van der Waals surface area contributed by atoms with Gasteiger partial charge in [0.1, 0.15) is 0 Å². The van der Waals surface area contributed by atoms with Crippen molar-refractivity contribution in [2.24, 2.45) is 0 Å². The first kappa shape index (κ1) is 16.0. The van der Waals surface area contributed by atoms with Crippen molar-refractivity contribution < 1.29 is 9.90 Å². The number of aromatic nitrogens is 3. The van der Waals surface area contributed by atoms with Crippen LogP contribution in [0.4, 0.5) is 10.5 Å². The third kappa shape index (κ3) is 3.62. The summed E-state index contributed by atoms with van der Waals surface area (Å²) in [5.74, 6) is 0. The van der Waals surface area contributed by atoms with Gasteiger partial charge in [-0.25, -0.2) is 9.48 Å². The van der Waals surface area contributed by atoms with Crippen molar-refractivity contribution >= 4 is 11.7 Å². The molecular weight excluding hydrogens is 282 g/mol. The summed E-state index contributed by atoms with van der Waals surface area (Å²) in [6, 6.07) is 6.92. The third-order valence-electron chi connectivity index (χ3n) is 3.85. The van der Waals surface area contributed by atoms with Crippen molar-refractivity contribution in [3.8, 4) is 5.69 Å². The van der Waals surface area contributed by atoms with E-state index in [0.29, 0.717) is 18.5 Å². The number of amides is 2. The molecule has 0 aliphatic carbocycles. The lowest BCUT2D eigenvalue weighted by Gasteiger charge is -2.30. The molecule has 0 saturated heterocycles. The molecule has 7 heteroatoms. The van der Waals surface area contributed by atoms with Gasteiger partial charge in [0.2, 0.25) is 0 Å². The zero-order valence-electron chi connectivity index (χ0n) is 12.8. The van der Waals surface area contributed by atoms with Gasteiger partial charge in [0, 0.05) is 5.69 Å². The zero-order valence-corrected chi connectivity index (χ0v) is 12.8. The molecule has 1 heterocycles. The smallest absolute Gasteiger partial charge is 0.319 e. The molecule has 1 aromatic heterocycles. The Labute approximate surface area is 129 Å². The van der Waals surface area contributed by atoms with Crippen molar-refractivity contribution in [1.29, 1.82) is 0 Å². The van der Waals surface area contributed by atoms with Gasteiger partial charge in [-0.1, -0.05) is 19.1 Å². The second kappa shape index (κ2) is 7.04. The maximum atomic E-state index is 12.1. The topological polar surface area (TPSA) is 92.1 Å². The molecule has 7 nitrogen and oxygen atoms in total. The summed E-state index contributed by atoms with van der Waals surface area (Å²) in [6.45, 7) is 3.79. The van der Waals surface area contributed by atoms with Gasteiger partial charge in [0.15, 0.2) is 0 Å². The van der Waals surface area contributed by atoms with Crippen LogP contribution in [0.25, 0.3) is 5.69 Å². The number of rotatable bonds is 6. The van der Waals surface area contributed by atoms with Gasteiger partial charge < -0.3 is 15.7 Å². The van der Waals surface area contributed by atoms with E-state index in [1.165, 1.54) is 0 Å². The minimum Gasteiger partial charge on any atom is -0.394 e. The number of hydrogen-bond acceptors (Lipinski definition) is 4. The van der Waals surface area contributed by atoms with E-state index in [1.807, 2.05) is 26.0 Å². The second-order valence-corrected chi connectivity index (χ2v) is 5.12. The Morgan fingerprint density at radius 1 is 1.27 bits per heavy atom. The maximum absolute atomic E-state index is 12.1. The molecule has 0 radical (unpaired) electrons. The first-order valence-electron chi connectivity index (χ1n) is 7.29. The average Bonchev–Trinajstić information content (AvgIpc) is 3.08. The van der Waals surface area contributed by atoms with E-state index >= 15 is 0 Å². The second-order valence-electron chi connectivity index (χ2n) is 5.12. The van der Waals surface area contributed by atoms with Crippen molar-refractivity contribution in [3.63, 3.8) is 0 Å². The fourth-order valence-electron chi connectivity index (χ4n) is 2.14. The van der Waals surface area contributed by atoms with Gasteiger partial charge in [-0.05, 0) is 37.1 Å². The number of hydrogen-bond donors (Lipinski definition) is 3. The number of urea groups is 1. The summed E-state index contributed by atoms with van der Waals surface area (Å²) in [6.07, 6.45) is 4.67. The Morgan fingerprint density at radius 3 is 2.45 bits per heavy atom. The normalized spacial score (nSPS) is 11.2. The van der Waals surface area contributed by atoms with Gasteiger partial charge >= 0.3 is 6.03 Å². The van der Waals surface area contributed by atoms with Crippen molar-refractivity contribution in [2.75, 3.05) is 11.9 Å². The van der Waals surface area contributed by atoms with Gasteiger partial charge in [0.05, 0.1) is 30.2 Å². The van der Waals surface area contributed by atoms with Crippen LogP contribution in [0.15, 0.2) is 36.7 Å². The third-order valence-corrected chi connectivity index (χ3v) is 3.85. The van der Waals surface area contributed by atoms with E-state index in [-0.39, 0.29) is 12.6 Å². The van der Waals surface area contributed by atoms with Crippen molar-refractivity contribution in [2.45, 2.75) is 32.2 Å². The molecule has 0 atom stereocenters. The lowest BCUT2D eigenvalue weighted by atomic mass is 9.94. The van der Waals surface area contributed by atoms with Crippen molar-refractivity contribution in [1.82, 2.24) is 20.3 Å². The van der Waals surface area contributed by atoms with E-state index < -0.39 is 5.54 Å². The molecule has 1 aromatic carbocycles. The molecule has 3 N–H and O–H groups in total. The van der Waals surface area contributed by atoms with Crippen LogP contribution in [0, 0.1) is 0 Å². The molecule has 0 spiro atoms. The van der Waals surface area contributed by atoms with Crippen LogP contribution in [0.1, 0.15) is 26.7 Å². The lowest BCUT2D eigenvalue weighted by Crippen LogP contribution is -2.51. The summed E-state index contributed by atoms with van der Waals surface area (Å²) >= 11 is 0. The maximum Gasteiger partial charge on any atom is 0.319 e. The van der Waals surface area contributed by atoms with E-state index in [0.717, 1.165) is 5.69 Å². The number of nitrogens with one attached hydrogen (secondary N) is 2. The number of nitrogens with zero attached hydrogens (tertiary/aromatic N) is 3. The van der Waals surface area contributed by atoms with E-state index in [2.05, 4.69) is 20.9 Å². The molecule has 2 amide bonds. The molecule has 0 fully saturated rings. The van der Waals surface area contributed by atoms with Gasteiger partial charge in [-0.15, -0.1) is 5.10 Å². The highest BCUT2D eigenvalue weighted by atomic mass is 16.3. The standard InChI is InChI=1S/C15H21N5O2/c1-3-15(4-2,11-21)18-14(22)17-12-5-7-13(8-6-12)20-10-9-16-19-20/h5-10,21H,3-4,11H2,1-2H3,(H2,17,18,22). The van der Waals surface area contributed by atoms with Crippen LogP contribution in [0.2, 0.25) is 0 Å². The Balaban J connectivity index is 2.00. The van der Waals surface area contributed by atoms with Crippen LogP contribution < -0.4 is 10.6 Å². The Morgan fingerprint density at radius 2 is 1.95 bits per heavy atom. The fourth-order valence-corrected chi connectivity index (χ4v) is 2.14. The quantitative estimate of drug-likeness (QED) is 0.760. The molecule has 0 aliphatic heterocycles. The zero-order chi connectivity index (χ0) is 16.0. The van der Waals surface area contributed by atoms with Gasteiger partial charge in [0.25, 0.3) is 0 Å². The highest BCUT2D eigenvalue weighted by molar-refractivity contribution is 5.89. The first-order valence-corrected chi connectivity index (χ1v) is 7.29. The SMILES string of the molecule is CCC(CC)(CO)NC(=O)Nc1ccc(-n2ccnn2)cc1. The Bertz CT molecular complexity index is 583. The number of anilines is 1. The van der Waals surface area contributed by atoms with Crippen LogP contribution in [0.5, 0.6) is 0 Å². The predicted molar refractivity (Wildman–Crippen MR) is 83.9 cm³/mol. The molecule has 22 heavy (non-hydrogen) atoms. The summed E-state index contributed by atoms with van der Waals surface area (Å²) in [7, 11) is 0. The average molecular weight is 303 g/mol. The van der Waals surface area contributed by atoms with Gasteiger partial charge in [-0.3, -0.25) is 0 Å². The summed E-state index contributed by atoms with van der Waals surface area (Å²) in [5.41, 5.74) is 0.945. The van der Waals surface area contributed by atoms with Gasteiger partial charge in [-0.2, -0.15) is 0 Å². The van der Waals surface area contributed by atoms with Crippen LogP contribution in [0.3, 0.4) is 0 Å². The van der Waals surface area contributed by atoms with Crippen LogP contribution in [-0.4, -0.2) is 38.3 Å². The summed E-state index contributed by atoms with van der Waals surface area (Å²) in [4.78, 5) is 12.1. The van der Waals surface area contributed by atoms with E-state index in [4.69, 9.17) is 0 Å². The Hall–Kier alpha value is -2.41. The van der Waals surface area contributed by atoms with E-state index in [1.54, 1.807) is 29.2 Å². The number of carbonyl (C=O) groups excluding carboxylic acids is 1. The molecule has 0 saturated carbocycles. The number of aliphatic hydroxyl groups excluding tert-OH is 1. The molecular formula is C15H21N5O2. The van der Waals surface area contributed by atoms with Crippen LogP contribution in [-0.2, 0) is 0 Å². The monoisotopic (exact) mass is 303 g/mol. The fraction of sp³-hybridized carbons (Fsp3) is 0.400. The lowest BCUT2D eigenvalue weighted by molar-refractivity contribution is 0.155. The molecule has 0 bridgehead atoms. The van der Waals surface area contributed by atoms with Crippen LogP contribution >= 0.6 is 0 Å². The molecule has 2 aromatic rings. The highest BCUT2D eigenvalue weighted by Gasteiger charge is 2.27. The van der Waals surface area contributed by atoms with Crippen molar-refractivity contribution in [3.05, 3.63) is 36.7 Å².